The normalized spacial score (nSPS) is 14.7. The zero-order valence-electron chi connectivity index (χ0n) is 11.9. The van der Waals surface area contributed by atoms with Gasteiger partial charge in [-0.15, -0.1) is 0 Å². The molecule has 19 heavy (non-hydrogen) atoms. The van der Waals surface area contributed by atoms with Crippen LogP contribution in [0.1, 0.15) is 12.0 Å². The SMILES string of the molecule is COCC[C@@](C#N)(O[Si](C)(C)C)c1cccc(Br)c1. The monoisotopic (exact) mass is 341 g/mol. The Bertz CT molecular complexity index is 467. The first-order valence-corrected chi connectivity index (χ1v) is 10.4. The molecule has 1 atom stereocenters. The summed E-state index contributed by atoms with van der Waals surface area (Å²) in [7, 11) is -0.221. The average molecular weight is 342 g/mol. The molecule has 0 heterocycles. The average Bonchev–Trinajstić information content (AvgIpc) is 2.33. The van der Waals surface area contributed by atoms with Crippen LogP contribution in [0.25, 0.3) is 0 Å². The lowest BCUT2D eigenvalue weighted by molar-refractivity contribution is 0.0692. The Morgan fingerprint density at radius 2 is 2.05 bits per heavy atom. The zero-order valence-corrected chi connectivity index (χ0v) is 14.5. The fourth-order valence-electron chi connectivity index (χ4n) is 1.91. The molecule has 0 bridgehead atoms. The van der Waals surface area contributed by atoms with Gasteiger partial charge in [0.05, 0.1) is 6.61 Å². The Hall–Kier alpha value is -0.673. The first-order valence-electron chi connectivity index (χ1n) is 6.19. The first kappa shape index (κ1) is 16.4. The van der Waals surface area contributed by atoms with Crippen molar-refractivity contribution in [2.45, 2.75) is 31.7 Å². The molecule has 0 unspecified atom stereocenters. The van der Waals surface area contributed by atoms with Crippen molar-refractivity contribution in [3.8, 4) is 6.07 Å². The number of halogens is 1. The minimum atomic E-state index is -1.86. The maximum Gasteiger partial charge on any atom is 0.186 e. The number of benzene rings is 1. The third kappa shape index (κ3) is 4.73. The summed E-state index contributed by atoms with van der Waals surface area (Å²) in [4.78, 5) is 0. The molecule has 0 aliphatic heterocycles. The third-order valence-electron chi connectivity index (χ3n) is 2.61. The van der Waals surface area contributed by atoms with E-state index in [1.807, 2.05) is 24.3 Å². The summed E-state index contributed by atoms with van der Waals surface area (Å²) in [6, 6.07) is 10.1. The van der Waals surface area contributed by atoms with Crippen molar-refractivity contribution in [1.29, 1.82) is 5.26 Å². The second-order valence-electron chi connectivity index (χ2n) is 5.41. The summed E-state index contributed by atoms with van der Waals surface area (Å²) in [6.07, 6.45) is 0.528. The highest BCUT2D eigenvalue weighted by atomic mass is 79.9. The molecule has 1 aromatic rings. The molecule has 0 amide bonds. The highest BCUT2D eigenvalue weighted by Gasteiger charge is 2.38. The molecule has 1 rings (SSSR count). The van der Waals surface area contributed by atoms with Crippen molar-refractivity contribution in [2.75, 3.05) is 13.7 Å². The summed E-state index contributed by atoms with van der Waals surface area (Å²) in [6.45, 7) is 6.75. The van der Waals surface area contributed by atoms with E-state index in [1.165, 1.54) is 0 Å². The van der Waals surface area contributed by atoms with Crippen LogP contribution in [0.5, 0.6) is 0 Å². The Balaban J connectivity index is 3.20. The zero-order chi connectivity index (χ0) is 14.5. The van der Waals surface area contributed by atoms with Gasteiger partial charge in [-0.2, -0.15) is 5.26 Å². The lowest BCUT2D eigenvalue weighted by atomic mass is 9.92. The molecule has 0 aliphatic carbocycles. The Morgan fingerprint density at radius 1 is 1.37 bits per heavy atom. The van der Waals surface area contributed by atoms with Crippen LogP contribution in [-0.4, -0.2) is 22.0 Å². The molecule has 104 valence electrons. The van der Waals surface area contributed by atoms with Crippen LogP contribution < -0.4 is 0 Å². The Morgan fingerprint density at radius 3 is 2.53 bits per heavy atom. The third-order valence-corrected chi connectivity index (χ3v) is 4.06. The van der Waals surface area contributed by atoms with E-state index in [-0.39, 0.29) is 0 Å². The largest absolute Gasteiger partial charge is 0.396 e. The molecule has 0 saturated heterocycles. The van der Waals surface area contributed by atoms with Crippen molar-refractivity contribution in [3.05, 3.63) is 34.3 Å². The summed E-state index contributed by atoms with van der Waals surface area (Å²) >= 11 is 3.45. The molecule has 0 saturated carbocycles. The van der Waals surface area contributed by atoms with Crippen LogP contribution in [0.15, 0.2) is 28.7 Å². The second kappa shape index (κ2) is 6.66. The fraction of sp³-hybridized carbons (Fsp3) is 0.500. The molecule has 5 heteroatoms. The summed E-state index contributed by atoms with van der Waals surface area (Å²) < 4.78 is 12.3. The maximum absolute atomic E-state index is 9.69. The van der Waals surface area contributed by atoms with Gasteiger partial charge in [-0.05, 0) is 37.3 Å². The fourth-order valence-corrected chi connectivity index (χ4v) is 3.62. The Labute approximate surface area is 124 Å². The second-order valence-corrected chi connectivity index (χ2v) is 10.8. The van der Waals surface area contributed by atoms with E-state index in [1.54, 1.807) is 7.11 Å². The molecule has 0 aromatic heterocycles. The maximum atomic E-state index is 9.69. The topological polar surface area (TPSA) is 42.2 Å². The van der Waals surface area contributed by atoms with Crippen molar-refractivity contribution in [2.24, 2.45) is 0 Å². The summed E-state index contributed by atoms with van der Waals surface area (Å²) in [5, 5.41) is 9.69. The number of rotatable bonds is 6. The molecule has 0 spiro atoms. The first-order chi connectivity index (χ1) is 8.83. The van der Waals surface area contributed by atoms with Crippen LogP contribution in [0.4, 0.5) is 0 Å². The van der Waals surface area contributed by atoms with E-state index < -0.39 is 13.9 Å². The summed E-state index contributed by atoms with van der Waals surface area (Å²) in [5.74, 6) is 0. The van der Waals surface area contributed by atoms with E-state index in [4.69, 9.17) is 9.16 Å². The van der Waals surface area contributed by atoms with Gasteiger partial charge in [0.15, 0.2) is 13.9 Å². The molecular weight excluding hydrogens is 322 g/mol. The van der Waals surface area contributed by atoms with Gasteiger partial charge in [0, 0.05) is 18.0 Å². The van der Waals surface area contributed by atoms with Crippen molar-refractivity contribution < 1.29 is 9.16 Å². The molecular formula is C14H20BrNO2Si. The van der Waals surface area contributed by atoms with Crippen LogP contribution in [0.2, 0.25) is 19.6 Å². The van der Waals surface area contributed by atoms with Gasteiger partial charge in [0.1, 0.15) is 6.07 Å². The Kier molecular flexibility index (Phi) is 5.75. The predicted molar refractivity (Wildman–Crippen MR) is 82.4 cm³/mol. The molecule has 0 fully saturated rings. The van der Waals surface area contributed by atoms with Crippen LogP contribution >= 0.6 is 15.9 Å². The summed E-state index contributed by atoms with van der Waals surface area (Å²) in [5.41, 5.74) is -0.0478. The molecule has 3 nitrogen and oxygen atoms in total. The van der Waals surface area contributed by atoms with Crippen LogP contribution in [0.3, 0.4) is 0 Å². The number of ether oxygens (including phenoxy) is 1. The molecule has 0 N–H and O–H groups in total. The van der Waals surface area contributed by atoms with E-state index in [9.17, 15) is 5.26 Å². The van der Waals surface area contributed by atoms with Gasteiger partial charge in [-0.1, -0.05) is 28.1 Å². The van der Waals surface area contributed by atoms with E-state index in [2.05, 4.69) is 41.6 Å². The van der Waals surface area contributed by atoms with Crippen molar-refractivity contribution in [3.63, 3.8) is 0 Å². The van der Waals surface area contributed by atoms with E-state index in [0.717, 1.165) is 10.0 Å². The van der Waals surface area contributed by atoms with E-state index in [0.29, 0.717) is 13.0 Å². The van der Waals surface area contributed by atoms with Crippen LogP contribution in [-0.2, 0) is 14.8 Å². The van der Waals surface area contributed by atoms with Gasteiger partial charge >= 0.3 is 0 Å². The minimum Gasteiger partial charge on any atom is -0.396 e. The minimum absolute atomic E-state index is 0.491. The van der Waals surface area contributed by atoms with Crippen molar-refractivity contribution in [1.82, 2.24) is 0 Å². The number of hydrogen-bond acceptors (Lipinski definition) is 3. The quantitative estimate of drug-likeness (QED) is 0.732. The van der Waals surface area contributed by atoms with Gasteiger partial charge in [0.25, 0.3) is 0 Å². The number of hydrogen-bond donors (Lipinski definition) is 0. The van der Waals surface area contributed by atoms with Gasteiger partial charge in [-0.3, -0.25) is 0 Å². The molecule has 1 aromatic carbocycles. The van der Waals surface area contributed by atoms with Gasteiger partial charge < -0.3 is 9.16 Å². The molecule has 0 radical (unpaired) electrons. The predicted octanol–water partition coefficient (Wildman–Crippen LogP) is 4.06. The van der Waals surface area contributed by atoms with Crippen molar-refractivity contribution >= 4 is 24.2 Å². The van der Waals surface area contributed by atoms with Crippen LogP contribution in [0, 0.1) is 11.3 Å². The van der Waals surface area contributed by atoms with E-state index >= 15 is 0 Å². The van der Waals surface area contributed by atoms with Gasteiger partial charge in [-0.25, -0.2) is 0 Å². The molecule has 0 aliphatic rings. The smallest absolute Gasteiger partial charge is 0.186 e. The standard InChI is InChI=1S/C14H20BrNO2Si/c1-17-9-8-14(11-16,18-19(2,3)4)12-6-5-7-13(15)10-12/h5-7,10H,8-9H2,1-4H3/t14-/m0/s1. The number of methoxy groups -OCH3 is 1. The lowest BCUT2D eigenvalue weighted by Crippen LogP contribution is -2.40. The lowest BCUT2D eigenvalue weighted by Gasteiger charge is -2.34. The van der Waals surface area contributed by atoms with Gasteiger partial charge in [0.2, 0.25) is 0 Å². The highest BCUT2D eigenvalue weighted by molar-refractivity contribution is 9.10. The number of nitriles is 1. The highest BCUT2D eigenvalue weighted by Crippen LogP contribution is 2.33. The number of nitrogens with zero attached hydrogens (tertiary/aromatic N) is 1.